The van der Waals surface area contributed by atoms with Gasteiger partial charge < -0.3 is 19.1 Å². The van der Waals surface area contributed by atoms with Crippen molar-refractivity contribution in [3.8, 4) is 0 Å². The summed E-state index contributed by atoms with van der Waals surface area (Å²) in [5.74, 6) is -0.323. The molecule has 0 spiro atoms. The molecule has 0 aromatic heterocycles. The molecule has 232 valence electrons. The van der Waals surface area contributed by atoms with Gasteiger partial charge in [0.05, 0.1) is 23.2 Å². The van der Waals surface area contributed by atoms with E-state index in [4.69, 9.17) is 25.8 Å². The van der Waals surface area contributed by atoms with E-state index in [2.05, 4.69) is 15.2 Å². The van der Waals surface area contributed by atoms with E-state index in [0.29, 0.717) is 69.4 Å². The Hall–Kier alpha value is -0.560. The molecule has 4 rings (SSSR count). The van der Waals surface area contributed by atoms with E-state index in [9.17, 15) is 13.2 Å². The number of amides is 1. The van der Waals surface area contributed by atoms with Gasteiger partial charge in [0, 0.05) is 53.7 Å². The monoisotopic (exact) mass is 609 g/mol. The third kappa shape index (κ3) is 8.97. The van der Waals surface area contributed by atoms with E-state index in [1.807, 2.05) is 0 Å². The standard InChI is InChI=1S/C28H49ClFN3O6S/c1-37-10-9-21-16-33(15-19-3-5-23(38-2)6-4-19)17-25(21)22-13-24(27(30)26(29)14-22)28(34)31-32-40(35,36)18-20-7-11-39-12-8-20/h19-27,32H,3-18H2,1-2H3,(H,31,34). The Morgan fingerprint density at radius 2 is 1.77 bits per heavy atom. The third-order valence-electron chi connectivity index (χ3n) is 9.79. The number of rotatable bonds is 12. The first-order valence-corrected chi connectivity index (χ1v) is 17.2. The van der Waals surface area contributed by atoms with Gasteiger partial charge in [0.25, 0.3) is 0 Å². The summed E-state index contributed by atoms with van der Waals surface area (Å²) in [5, 5.41) is -0.783. The SMILES string of the molecule is COCCC1CN(CC2CCC(OC)CC2)CC1C1CC(Cl)C(F)C(C(=O)NNS(=O)(=O)CC2CCOCC2)C1. The molecule has 2 saturated heterocycles. The molecule has 0 aromatic rings. The van der Waals surface area contributed by atoms with Crippen molar-refractivity contribution in [2.75, 3.05) is 59.4 Å². The van der Waals surface area contributed by atoms with Crippen LogP contribution in [0.15, 0.2) is 0 Å². The number of sulfonamides is 1. The Labute approximate surface area is 244 Å². The van der Waals surface area contributed by atoms with E-state index in [1.54, 1.807) is 14.2 Å². The lowest BCUT2D eigenvalue weighted by Crippen LogP contribution is -2.51. The maximum Gasteiger partial charge on any atom is 0.241 e. The largest absolute Gasteiger partial charge is 0.385 e. The van der Waals surface area contributed by atoms with Crippen molar-refractivity contribution in [2.24, 2.45) is 35.5 Å². The Kier molecular flexibility index (Phi) is 12.3. The predicted octanol–water partition coefficient (Wildman–Crippen LogP) is 3.13. The van der Waals surface area contributed by atoms with Crippen molar-refractivity contribution in [3.05, 3.63) is 0 Å². The van der Waals surface area contributed by atoms with Crippen LogP contribution in [0.1, 0.15) is 57.8 Å². The summed E-state index contributed by atoms with van der Waals surface area (Å²) < 4.78 is 56.7. The zero-order chi connectivity index (χ0) is 28.7. The van der Waals surface area contributed by atoms with Gasteiger partial charge in [0.2, 0.25) is 15.9 Å². The van der Waals surface area contributed by atoms with Crippen LogP contribution in [0.4, 0.5) is 4.39 Å². The third-order valence-corrected chi connectivity index (χ3v) is 11.5. The van der Waals surface area contributed by atoms with Gasteiger partial charge in [-0.1, -0.05) is 0 Å². The molecule has 4 fully saturated rings. The normalized spacial score (nSPS) is 36.5. The zero-order valence-electron chi connectivity index (χ0n) is 24.1. The smallest absolute Gasteiger partial charge is 0.241 e. The molecule has 4 aliphatic rings. The lowest BCUT2D eigenvalue weighted by atomic mass is 9.70. The summed E-state index contributed by atoms with van der Waals surface area (Å²) in [5.41, 5.74) is 2.31. The van der Waals surface area contributed by atoms with E-state index in [-0.39, 0.29) is 17.6 Å². The molecule has 2 heterocycles. The number of carbonyl (C=O) groups is 1. The highest BCUT2D eigenvalue weighted by Crippen LogP contribution is 2.44. The fourth-order valence-electron chi connectivity index (χ4n) is 7.47. The fraction of sp³-hybridized carbons (Fsp3) is 0.964. The number of nitrogens with zero attached hydrogens (tertiary/aromatic N) is 1. The highest BCUT2D eigenvalue weighted by molar-refractivity contribution is 7.89. The first-order valence-electron chi connectivity index (χ1n) is 15.1. The number of ether oxygens (including phenoxy) is 3. The van der Waals surface area contributed by atoms with Crippen LogP contribution in [0.25, 0.3) is 0 Å². The van der Waals surface area contributed by atoms with E-state index < -0.39 is 33.4 Å². The van der Waals surface area contributed by atoms with Crippen molar-refractivity contribution < 1.29 is 31.8 Å². The molecule has 12 heteroatoms. The van der Waals surface area contributed by atoms with Gasteiger partial charge in [-0.3, -0.25) is 10.2 Å². The lowest BCUT2D eigenvalue weighted by Gasteiger charge is -2.39. The molecule has 2 saturated carbocycles. The minimum absolute atomic E-state index is 0.0206. The molecule has 6 atom stereocenters. The summed E-state index contributed by atoms with van der Waals surface area (Å²) in [4.78, 5) is 17.8. The van der Waals surface area contributed by atoms with Crippen molar-refractivity contribution in [3.63, 3.8) is 0 Å². The van der Waals surface area contributed by atoms with Crippen LogP contribution >= 0.6 is 11.6 Å². The number of alkyl halides is 2. The number of hydrazine groups is 1. The van der Waals surface area contributed by atoms with Crippen LogP contribution in [0.2, 0.25) is 0 Å². The summed E-state index contributed by atoms with van der Waals surface area (Å²) in [6, 6.07) is 0. The first-order chi connectivity index (χ1) is 19.2. The van der Waals surface area contributed by atoms with E-state index in [1.165, 1.54) is 12.8 Å². The van der Waals surface area contributed by atoms with Crippen molar-refractivity contribution >= 4 is 27.5 Å². The minimum Gasteiger partial charge on any atom is -0.385 e. The van der Waals surface area contributed by atoms with E-state index in [0.717, 1.165) is 38.9 Å². The van der Waals surface area contributed by atoms with Gasteiger partial charge in [-0.05, 0) is 87.4 Å². The number of likely N-dealkylation sites (tertiary alicyclic amines) is 1. The van der Waals surface area contributed by atoms with Gasteiger partial charge in [-0.25, -0.2) is 12.8 Å². The first kappa shape index (κ1) is 32.4. The molecule has 1 amide bonds. The Morgan fingerprint density at radius 1 is 1.05 bits per heavy atom. The number of carbonyl (C=O) groups excluding carboxylic acids is 1. The van der Waals surface area contributed by atoms with Crippen LogP contribution in [0, 0.1) is 35.5 Å². The molecule has 2 aliphatic heterocycles. The molecule has 0 bridgehead atoms. The molecule has 0 aromatic carbocycles. The Balaban J connectivity index is 1.34. The van der Waals surface area contributed by atoms with Gasteiger partial charge >= 0.3 is 0 Å². The second-order valence-corrected chi connectivity index (χ2v) is 14.9. The predicted molar refractivity (Wildman–Crippen MR) is 152 cm³/mol. The van der Waals surface area contributed by atoms with Gasteiger partial charge in [0.1, 0.15) is 6.17 Å². The van der Waals surface area contributed by atoms with Crippen LogP contribution in [-0.4, -0.2) is 96.3 Å². The lowest BCUT2D eigenvalue weighted by molar-refractivity contribution is -0.129. The number of methoxy groups -OCH3 is 2. The molecular formula is C28H49ClFN3O6S. The number of nitrogens with one attached hydrogen (secondary N) is 2. The Bertz CT molecular complexity index is 902. The fourth-order valence-corrected chi connectivity index (χ4v) is 9.17. The summed E-state index contributed by atoms with van der Waals surface area (Å²) in [6.45, 7) is 4.68. The average molecular weight is 610 g/mol. The average Bonchev–Trinajstić information content (AvgIpc) is 3.35. The topological polar surface area (TPSA) is 106 Å². The molecule has 40 heavy (non-hydrogen) atoms. The summed E-state index contributed by atoms with van der Waals surface area (Å²) in [6.07, 6.45) is 6.53. The zero-order valence-corrected chi connectivity index (χ0v) is 25.6. The number of hydrogen-bond donors (Lipinski definition) is 2. The molecular weight excluding hydrogens is 561 g/mol. The highest BCUT2D eigenvalue weighted by Gasteiger charge is 2.47. The highest BCUT2D eigenvalue weighted by atomic mass is 35.5. The maximum atomic E-state index is 15.3. The van der Waals surface area contributed by atoms with Gasteiger partial charge in [-0.15, -0.1) is 16.4 Å². The number of halogens is 2. The van der Waals surface area contributed by atoms with Crippen molar-refractivity contribution in [2.45, 2.75) is 75.4 Å². The second kappa shape index (κ2) is 15.3. The quantitative estimate of drug-likeness (QED) is 0.259. The maximum absolute atomic E-state index is 15.3. The summed E-state index contributed by atoms with van der Waals surface area (Å²) >= 11 is 6.51. The van der Waals surface area contributed by atoms with Crippen LogP contribution in [0.5, 0.6) is 0 Å². The molecule has 0 radical (unpaired) electrons. The second-order valence-electron chi connectivity index (χ2n) is 12.5. The molecule has 6 unspecified atom stereocenters. The van der Waals surface area contributed by atoms with Crippen molar-refractivity contribution in [1.82, 2.24) is 15.2 Å². The number of hydrogen-bond acceptors (Lipinski definition) is 7. The van der Waals surface area contributed by atoms with Gasteiger partial charge in [-0.2, -0.15) is 0 Å². The Morgan fingerprint density at radius 3 is 2.45 bits per heavy atom. The minimum atomic E-state index is -3.74. The van der Waals surface area contributed by atoms with Crippen LogP contribution in [-0.2, 0) is 29.0 Å². The van der Waals surface area contributed by atoms with Crippen LogP contribution < -0.4 is 10.3 Å². The van der Waals surface area contributed by atoms with Crippen molar-refractivity contribution in [1.29, 1.82) is 0 Å². The van der Waals surface area contributed by atoms with E-state index >= 15 is 4.39 Å². The van der Waals surface area contributed by atoms with Crippen LogP contribution in [0.3, 0.4) is 0 Å². The summed E-state index contributed by atoms with van der Waals surface area (Å²) in [7, 11) is -0.237. The molecule has 2 N–H and O–H groups in total. The molecule has 2 aliphatic carbocycles. The van der Waals surface area contributed by atoms with Gasteiger partial charge in [0.15, 0.2) is 0 Å². The molecule has 9 nitrogen and oxygen atoms in total.